The van der Waals surface area contributed by atoms with E-state index < -0.39 is 0 Å². The van der Waals surface area contributed by atoms with Crippen LogP contribution < -0.4 is 5.32 Å². The Balaban J connectivity index is 2.27. The van der Waals surface area contributed by atoms with Gasteiger partial charge in [0.25, 0.3) is 0 Å². The number of rotatable bonds is 4. The summed E-state index contributed by atoms with van der Waals surface area (Å²) in [5.41, 5.74) is 2.86. The van der Waals surface area contributed by atoms with Crippen LogP contribution in [0.25, 0.3) is 0 Å². The topological polar surface area (TPSA) is 25.2 Å². The van der Waals surface area contributed by atoms with E-state index in [1.54, 1.807) is 5.57 Å². The van der Waals surface area contributed by atoms with Gasteiger partial charge < -0.3 is 9.73 Å². The second-order valence-corrected chi connectivity index (χ2v) is 4.88. The molecule has 1 heterocycles. The van der Waals surface area contributed by atoms with Crippen molar-refractivity contribution in [3.05, 3.63) is 34.8 Å². The predicted octanol–water partition coefficient (Wildman–Crippen LogP) is 4.05. The first kappa shape index (κ1) is 12.4. The fraction of sp³-hybridized carbons (Fsp3) is 0.600. The van der Waals surface area contributed by atoms with Gasteiger partial charge in [-0.1, -0.05) is 18.6 Å². The maximum atomic E-state index is 5.67. The first-order valence-electron chi connectivity index (χ1n) is 6.71. The average Bonchev–Trinajstić information content (AvgIpc) is 2.66. The van der Waals surface area contributed by atoms with Crippen molar-refractivity contribution in [1.82, 2.24) is 5.32 Å². The molecule has 0 amide bonds. The highest BCUT2D eigenvalue weighted by molar-refractivity contribution is 5.32. The van der Waals surface area contributed by atoms with Crippen molar-refractivity contribution in [3.63, 3.8) is 0 Å². The van der Waals surface area contributed by atoms with Crippen LogP contribution in [0.15, 0.2) is 22.1 Å². The summed E-state index contributed by atoms with van der Waals surface area (Å²) >= 11 is 0. The molecule has 0 aromatic carbocycles. The van der Waals surface area contributed by atoms with Gasteiger partial charge in [0.15, 0.2) is 0 Å². The van der Waals surface area contributed by atoms with Crippen molar-refractivity contribution in [2.24, 2.45) is 0 Å². The van der Waals surface area contributed by atoms with E-state index in [0.717, 1.165) is 18.1 Å². The normalized spacial score (nSPS) is 17.9. The molecule has 1 N–H and O–H groups in total. The molecule has 1 aromatic rings. The quantitative estimate of drug-likeness (QED) is 0.794. The third-order valence-electron chi connectivity index (χ3n) is 3.50. The summed E-state index contributed by atoms with van der Waals surface area (Å²) in [7, 11) is 0. The maximum Gasteiger partial charge on any atom is 0.106 e. The molecule has 1 aliphatic carbocycles. The highest BCUT2D eigenvalue weighted by Gasteiger charge is 2.21. The highest BCUT2D eigenvalue weighted by atomic mass is 16.3. The smallest absolute Gasteiger partial charge is 0.106 e. The molecule has 0 aliphatic heterocycles. The van der Waals surface area contributed by atoms with Gasteiger partial charge in [-0.2, -0.15) is 0 Å². The van der Waals surface area contributed by atoms with Crippen molar-refractivity contribution in [2.45, 2.75) is 52.5 Å². The summed E-state index contributed by atoms with van der Waals surface area (Å²) < 4.78 is 5.67. The zero-order valence-corrected chi connectivity index (χ0v) is 11.2. The van der Waals surface area contributed by atoms with Crippen LogP contribution in [0.5, 0.6) is 0 Å². The minimum absolute atomic E-state index is 0.359. The molecular weight excluding hydrogens is 210 g/mol. The van der Waals surface area contributed by atoms with Crippen molar-refractivity contribution in [1.29, 1.82) is 0 Å². The van der Waals surface area contributed by atoms with Gasteiger partial charge in [0.05, 0.1) is 6.04 Å². The lowest BCUT2D eigenvalue weighted by atomic mass is 9.90. The SMILES string of the molecule is CCNC(C1=CCCCC1)c1cc(C)oc1C. The summed E-state index contributed by atoms with van der Waals surface area (Å²) in [4.78, 5) is 0. The molecule has 1 aliphatic rings. The average molecular weight is 233 g/mol. The molecule has 1 aromatic heterocycles. The summed E-state index contributed by atoms with van der Waals surface area (Å²) in [6, 6.07) is 2.54. The van der Waals surface area contributed by atoms with Gasteiger partial charge in [-0.25, -0.2) is 0 Å². The third-order valence-corrected chi connectivity index (χ3v) is 3.50. The molecule has 2 rings (SSSR count). The Hall–Kier alpha value is -1.02. The summed E-state index contributed by atoms with van der Waals surface area (Å²) in [6.45, 7) is 7.25. The van der Waals surface area contributed by atoms with E-state index in [9.17, 15) is 0 Å². The predicted molar refractivity (Wildman–Crippen MR) is 71.2 cm³/mol. The Morgan fingerprint density at radius 1 is 1.35 bits per heavy atom. The fourth-order valence-corrected chi connectivity index (χ4v) is 2.71. The van der Waals surface area contributed by atoms with E-state index in [1.165, 1.54) is 31.2 Å². The number of furan rings is 1. The zero-order chi connectivity index (χ0) is 12.3. The molecule has 0 saturated carbocycles. The van der Waals surface area contributed by atoms with Crippen LogP contribution in [0.3, 0.4) is 0 Å². The molecule has 2 heteroatoms. The summed E-state index contributed by atoms with van der Waals surface area (Å²) in [6.07, 6.45) is 7.53. The molecule has 94 valence electrons. The number of allylic oxidation sites excluding steroid dienone is 1. The second kappa shape index (κ2) is 5.54. The molecule has 0 bridgehead atoms. The Morgan fingerprint density at radius 2 is 2.18 bits per heavy atom. The number of likely N-dealkylation sites (N-methyl/N-ethyl adjacent to an activating group) is 1. The number of hydrogen-bond acceptors (Lipinski definition) is 2. The van der Waals surface area contributed by atoms with Crippen LogP contribution in [-0.4, -0.2) is 6.54 Å². The fourth-order valence-electron chi connectivity index (χ4n) is 2.71. The Labute approximate surface area is 104 Å². The lowest BCUT2D eigenvalue weighted by Crippen LogP contribution is -2.23. The Morgan fingerprint density at radius 3 is 2.71 bits per heavy atom. The first-order chi connectivity index (χ1) is 8.22. The van der Waals surface area contributed by atoms with E-state index in [-0.39, 0.29) is 0 Å². The standard InChI is InChI=1S/C15H23NO/c1-4-16-15(13-8-6-5-7-9-13)14-10-11(2)17-12(14)3/h8,10,15-16H,4-7,9H2,1-3H3. The van der Waals surface area contributed by atoms with E-state index in [1.807, 2.05) is 6.92 Å². The lowest BCUT2D eigenvalue weighted by molar-refractivity contribution is 0.490. The monoisotopic (exact) mass is 233 g/mol. The molecule has 0 spiro atoms. The zero-order valence-electron chi connectivity index (χ0n) is 11.2. The lowest BCUT2D eigenvalue weighted by Gasteiger charge is -2.23. The van der Waals surface area contributed by atoms with Crippen molar-refractivity contribution < 1.29 is 4.42 Å². The van der Waals surface area contributed by atoms with Crippen LogP contribution in [0.1, 0.15) is 55.7 Å². The van der Waals surface area contributed by atoms with Gasteiger partial charge >= 0.3 is 0 Å². The van der Waals surface area contributed by atoms with Gasteiger partial charge in [-0.05, 0) is 52.1 Å². The first-order valence-corrected chi connectivity index (χ1v) is 6.71. The third kappa shape index (κ3) is 2.81. The minimum atomic E-state index is 0.359. The van der Waals surface area contributed by atoms with Gasteiger partial charge in [-0.15, -0.1) is 0 Å². The van der Waals surface area contributed by atoms with E-state index in [4.69, 9.17) is 4.42 Å². The number of nitrogens with one attached hydrogen (secondary N) is 1. The van der Waals surface area contributed by atoms with Crippen LogP contribution in [0.2, 0.25) is 0 Å². The second-order valence-electron chi connectivity index (χ2n) is 4.88. The minimum Gasteiger partial charge on any atom is -0.466 e. The Bertz CT molecular complexity index is 403. The summed E-state index contributed by atoms with van der Waals surface area (Å²) in [5, 5.41) is 3.59. The van der Waals surface area contributed by atoms with Crippen molar-refractivity contribution in [2.75, 3.05) is 6.54 Å². The van der Waals surface area contributed by atoms with Crippen LogP contribution in [0.4, 0.5) is 0 Å². The molecule has 2 nitrogen and oxygen atoms in total. The van der Waals surface area contributed by atoms with Gasteiger partial charge in [0.1, 0.15) is 11.5 Å². The van der Waals surface area contributed by atoms with Crippen molar-refractivity contribution in [3.8, 4) is 0 Å². The molecule has 0 radical (unpaired) electrons. The molecule has 1 atom stereocenters. The number of hydrogen-bond donors (Lipinski definition) is 1. The van der Waals surface area contributed by atoms with Gasteiger partial charge in [-0.3, -0.25) is 0 Å². The van der Waals surface area contributed by atoms with Gasteiger partial charge in [0, 0.05) is 5.56 Å². The molecule has 17 heavy (non-hydrogen) atoms. The van der Waals surface area contributed by atoms with Gasteiger partial charge in [0.2, 0.25) is 0 Å². The van der Waals surface area contributed by atoms with E-state index in [0.29, 0.717) is 6.04 Å². The molecular formula is C15H23NO. The largest absolute Gasteiger partial charge is 0.466 e. The molecule has 1 unspecified atom stereocenters. The maximum absolute atomic E-state index is 5.67. The molecule has 0 fully saturated rings. The van der Waals surface area contributed by atoms with Crippen LogP contribution >= 0.6 is 0 Å². The summed E-state index contributed by atoms with van der Waals surface area (Å²) in [5.74, 6) is 2.07. The van der Waals surface area contributed by atoms with E-state index >= 15 is 0 Å². The number of aryl methyl sites for hydroxylation is 2. The van der Waals surface area contributed by atoms with Crippen LogP contribution in [-0.2, 0) is 0 Å². The van der Waals surface area contributed by atoms with Crippen LogP contribution in [0, 0.1) is 13.8 Å². The molecule has 0 saturated heterocycles. The highest BCUT2D eigenvalue weighted by Crippen LogP contribution is 2.32. The Kier molecular flexibility index (Phi) is 4.06. The van der Waals surface area contributed by atoms with E-state index in [2.05, 4.69) is 31.3 Å². The van der Waals surface area contributed by atoms with Crippen molar-refractivity contribution >= 4 is 0 Å².